The molecule has 4 heteroatoms. The van der Waals surface area contributed by atoms with Crippen molar-refractivity contribution in [3.8, 4) is 0 Å². The van der Waals surface area contributed by atoms with Gasteiger partial charge in [-0.25, -0.2) is 0 Å². The van der Waals surface area contributed by atoms with Gasteiger partial charge in [0.05, 0.1) is 32.5 Å². The molecule has 0 spiro atoms. The summed E-state index contributed by atoms with van der Waals surface area (Å²) in [5.41, 5.74) is 0. The summed E-state index contributed by atoms with van der Waals surface area (Å²) >= 11 is 0. The molecule has 2 heterocycles. The molecule has 0 aromatic heterocycles. The van der Waals surface area contributed by atoms with Crippen LogP contribution in [0.3, 0.4) is 0 Å². The van der Waals surface area contributed by atoms with E-state index in [9.17, 15) is 0 Å². The Morgan fingerprint density at radius 1 is 0.842 bits per heavy atom. The van der Waals surface area contributed by atoms with Crippen LogP contribution in [0.4, 0.5) is 0 Å². The van der Waals surface area contributed by atoms with Crippen LogP contribution in [0.5, 0.6) is 0 Å². The first-order valence-corrected chi connectivity index (χ1v) is 8.09. The molecule has 1 aliphatic carbocycles. The van der Waals surface area contributed by atoms with E-state index in [1.165, 1.54) is 38.5 Å². The molecule has 110 valence electrons. The van der Waals surface area contributed by atoms with Gasteiger partial charge in [0, 0.05) is 25.2 Å². The first kappa shape index (κ1) is 13.8. The molecule has 3 aliphatic rings. The maximum atomic E-state index is 5.75. The minimum Gasteiger partial charge on any atom is -0.379 e. The monoisotopic (exact) mass is 268 g/mol. The van der Waals surface area contributed by atoms with Crippen molar-refractivity contribution in [3.63, 3.8) is 0 Å². The quantitative estimate of drug-likeness (QED) is 0.785. The first-order chi connectivity index (χ1) is 9.43. The second-order valence-electron chi connectivity index (χ2n) is 6.21. The Labute approximate surface area is 116 Å². The lowest BCUT2D eigenvalue weighted by Crippen LogP contribution is -2.54. The Morgan fingerprint density at radius 2 is 1.58 bits per heavy atom. The summed E-state index contributed by atoms with van der Waals surface area (Å²) in [6.45, 7) is 5.68. The standard InChI is InChI=1S/C15H28N2O2/c1-2-4-6-13(5-3-1)16-14-11-19-12-15(14)17-7-9-18-10-8-17/h13-16H,1-12H2/t14-,15-/m0/s1. The van der Waals surface area contributed by atoms with Gasteiger partial charge in [0.15, 0.2) is 0 Å². The lowest BCUT2D eigenvalue weighted by atomic mass is 10.0. The van der Waals surface area contributed by atoms with Crippen LogP contribution in [-0.4, -0.2) is 62.5 Å². The van der Waals surface area contributed by atoms with E-state index < -0.39 is 0 Å². The van der Waals surface area contributed by atoms with Crippen molar-refractivity contribution in [1.29, 1.82) is 0 Å². The molecule has 3 rings (SSSR count). The van der Waals surface area contributed by atoms with Gasteiger partial charge in [-0.3, -0.25) is 4.90 Å². The van der Waals surface area contributed by atoms with Crippen LogP contribution in [0.25, 0.3) is 0 Å². The molecule has 2 atom stereocenters. The molecule has 0 radical (unpaired) electrons. The lowest BCUT2D eigenvalue weighted by Gasteiger charge is -2.36. The number of nitrogens with zero attached hydrogens (tertiary/aromatic N) is 1. The van der Waals surface area contributed by atoms with Gasteiger partial charge in [-0.05, 0) is 12.8 Å². The van der Waals surface area contributed by atoms with E-state index in [1.807, 2.05) is 0 Å². The summed E-state index contributed by atoms with van der Waals surface area (Å²) in [4.78, 5) is 2.56. The van der Waals surface area contributed by atoms with E-state index in [-0.39, 0.29) is 0 Å². The highest BCUT2D eigenvalue weighted by atomic mass is 16.5. The van der Waals surface area contributed by atoms with Crippen LogP contribution < -0.4 is 5.32 Å². The third kappa shape index (κ3) is 3.69. The molecule has 2 aliphatic heterocycles. The van der Waals surface area contributed by atoms with Crippen LogP contribution in [0.15, 0.2) is 0 Å². The highest BCUT2D eigenvalue weighted by molar-refractivity contribution is 4.92. The van der Waals surface area contributed by atoms with Gasteiger partial charge in [0.2, 0.25) is 0 Å². The van der Waals surface area contributed by atoms with Gasteiger partial charge in [-0.1, -0.05) is 25.7 Å². The van der Waals surface area contributed by atoms with Crippen molar-refractivity contribution in [3.05, 3.63) is 0 Å². The van der Waals surface area contributed by atoms with Crippen molar-refractivity contribution < 1.29 is 9.47 Å². The Bertz CT molecular complexity index is 261. The molecule has 4 nitrogen and oxygen atoms in total. The minimum absolute atomic E-state index is 0.529. The van der Waals surface area contributed by atoms with Gasteiger partial charge in [-0.15, -0.1) is 0 Å². The number of ether oxygens (including phenoxy) is 2. The maximum absolute atomic E-state index is 5.75. The number of nitrogens with one attached hydrogen (secondary N) is 1. The van der Waals surface area contributed by atoms with Crippen molar-refractivity contribution in [1.82, 2.24) is 10.2 Å². The number of rotatable bonds is 3. The van der Waals surface area contributed by atoms with Crippen molar-refractivity contribution >= 4 is 0 Å². The van der Waals surface area contributed by atoms with Crippen LogP contribution in [0.1, 0.15) is 38.5 Å². The highest BCUT2D eigenvalue weighted by Gasteiger charge is 2.34. The largest absolute Gasteiger partial charge is 0.379 e. The average molecular weight is 268 g/mol. The summed E-state index contributed by atoms with van der Waals surface area (Å²) in [5, 5.41) is 3.90. The highest BCUT2D eigenvalue weighted by Crippen LogP contribution is 2.21. The zero-order valence-corrected chi connectivity index (χ0v) is 12.0. The van der Waals surface area contributed by atoms with Crippen LogP contribution in [0, 0.1) is 0 Å². The minimum atomic E-state index is 0.529. The van der Waals surface area contributed by atoms with E-state index in [4.69, 9.17) is 9.47 Å². The van der Waals surface area contributed by atoms with Crippen molar-refractivity contribution in [2.45, 2.75) is 56.7 Å². The predicted molar refractivity (Wildman–Crippen MR) is 75.4 cm³/mol. The third-order valence-corrected chi connectivity index (χ3v) is 4.87. The molecule has 0 bridgehead atoms. The SMILES string of the molecule is C1CCCC(N[C@H]2COC[C@@H]2N2CCOCC2)CC1. The number of hydrogen-bond acceptors (Lipinski definition) is 4. The summed E-state index contributed by atoms with van der Waals surface area (Å²) in [6, 6.07) is 1.81. The van der Waals surface area contributed by atoms with Crippen LogP contribution in [-0.2, 0) is 9.47 Å². The molecule has 0 amide bonds. The Hall–Kier alpha value is -0.160. The summed E-state index contributed by atoms with van der Waals surface area (Å²) < 4.78 is 11.2. The maximum Gasteiger partial charge on any atom is 0.0638 e. The van der Waals surface area contributed by atoms with Crippen molar-refractivity contribution in [2.24, 2.45) is 0 Å². The Balaban J connectivity index is 1.53. The fourth-order valence-corrected chi connectivity index (χ4v) is 3.72. The Kier molecular flexibility index (Phi) is 5.10. The summed E-state index contributed by atoms with van der Waals surface area (Å²) in [7, 11) is 0. The van der Waals surface area contributed by atoms with Crippen LogP contribution in [0.2, 0.25) is 0 Å². The first-order valence-electron chi connectivity index (χ1n) is 8.09. The normalized spacial score (nSPS) is 35.4. The van der Waals surface area contributed by atoms with Gasteiger partial charge in [-0.2, -0.15) is 0 Å². The molecule has 1 N–H and O–H groups in total. The topological polar surface area (TPSA) is 33.7 Å². The van der Waals surface area contributed by atoms with Gasteiger partial charge in [0.25, 0.3) is 0 Å². The molecule has 0 aromatic carbocycles. The molecular formula is C15H28N2O2. The molecule has 19 heavy (non-hydrogen) atoms. The lowest BCUT2D eigenvalue weighted by molar-refractivity contribution is 0.0100. The molecule has 0 aromatic rings. The smallest absolute Gasteiger partial charge is 0.0638 e. The van der Waals surface area contributed by atoms with Crippen LogP contribution >= 0.6 is 0 Å². The fourth-order valence-electron chi connectivity index (χ4n) is 3.72. The van der Waals surface area contributed by atoms with Gasteiger partial charge in [0.1, 0.15) is 0 Å². The third-order valence-electron chi connectivity index (χ3n) is 4.87. The zero-order chi connectivity index (χ0) is 12.9. The number of morpholine rings is 1. The van der Waals surface area contributed by atoms with Gasteiger partial charge < -0.3 is 14.8 Å². The molecule has 1 saturated carbocycles. The fraction of sp³-hybridized carbons (Fsp3) is 1.00. The van der Waals surface area contributed by atoms with E-state index in [0.29, 0.717) is 12.1 Å². The van der Waals surface area contributed by atoms with Gasteiger partial charge >= 0.3 is 0 Å². The molecular weight excluding hydrogens is 240 g/mol. The molecule has 0 unspecified atom stereocenters. The number of hydrogen-bond donors (Lipinski definition) is 1. The van der Waals surface area contributed by atoms with Crippen molar-refractivity contribution in [2.75, 3.05) is 39.5 Å². The van der Waals surface area contributed by atoms with E-state index in [2.05, 4.69) is 10.2 Å². The summed E-state index contributed by atoms with van der Waals surface area (Å²) in [5.74, 6) is 0. The Morgan fingerprint density at radius 3 is 2.32 bits per heavy atom. The molecule has 2 saturated heterocycles. The zero-order valence-electron chi connectivity index (χ0n) is 12.0. The average Bonchev–Trinajstić information content (AvgIpc) is 2.75. The summed E-state index contributed by atoms with van der Waals surface area (Å²) in [6.07, 6.45) is 8.35. The van der Waals surface area contributed by atoms with E-state index in [0.717, 1.165) is 45.6 Å². The van der Waals surface area contributed by atoms with E-state index in [1.54, 1.807) is 0 Å². The van der Waals surface area contributed by atoms with E-state index >= 15 is 0 Å². The second-order valence-corrected chi connectivity index (χ2v) is 6.21. The molecule has 3 fully saturated rings. The predicted octanol–water partition coefficient (Wildman–Crippen LogP) is 1.40. The second kappa shape index (κ2) is 7.02.